The van der Waals surface area contributed by atoms with Gasteiger partial charge in [0.25, 0.3) is 0 Å². The van der Waals surface area contributed by atoms with E-state index in [1.54, 1.807) is 0 Å². The quantitative estimate of drug-likeness (QED) is 0.818. The van der Waals surface area contributed by atoms with Gasteiger partial charge in [-0.2, -0.15) is 0 Å². The minimum atomic E-state index is 0.0806. The highest BCUT2D eigenvalue weighted by atomic mass is 16.1. The van der Waals surface area contributed by atoms with Crippen LogP contribution in [0.4, 0.5) is 5.69 Å². The van der Waals surface area contributed by atoms with E-state index in [9.17, 15) is 4.79 Å². The van der Waals surface area contributed by atoms with Gasteiger partial charge in [-0.05, 0) is 62.0 Å². The van der Waals surface area contributed by atoms with Gasteiger partial charge in [-0.3, -0.25) is 4.79 Å². The molecule has 2 aromatic rings. The number of amides is 1. The molecule has 132 valence electrons. The molecule has 0 spiro atoms. The summed E-state index contributed by atoms with van der Waals surface area (Å²) >= 11 is 0. The molecule has 1 N–H and O–H groups in total. The second-order valence-electron chi connectivity index (χ2n) is 6.89. The summed E-state index contributed by atoms with van der Waals surface area (Å²) in [6, 6.07) is 18.4. The lowest BCUT2D eigenvalue weighted by molar-refractivity contribution is -0.116. The van der Waals surface area contributed by atoms with Crippen molar-refractivity contribution >= 4 is 11.6 Å². The topological polar surface area (TPSA) is 32.3 Å². The summed E-state index contributed by atoms with van der Waals surface area (Å²) in [7, 11) is 0. The summed E-state index contributed by atoms with van der Waals surface area (Å²) < 4.78 is 0. The molecule has 3 nitrogen and oxygen atoms in total. The van der Waals surface area contributed by atoms with E-state index in [0.29, 0.717) is 6.42 Å². The van der Waals surface area contributed by atoms with Crippen LogP contribution in [0.2, 0.25) is 0 Å². The number of hydrogen-bond donors (Lipinski definition) is 1. The number of carbonyl (C=O) groups is 1. The van der Waals surface area contributed by atoms with Crippen LogP contribution >= 0.6 is 0 Å². The SMILES string of the molecule is O=C(CCc1ccccc1)Nc1cccc(CCN2CCCCC2)c1. The van der Waals surface area contributed by atoms with Crippen LogP contribution in [0.5, 0.6) is 0 Å². The van der Waals surface area contributed by atoms with E-state index in [0.717, 1.165) is 25.1 Å². The lowest BCUT2D eigenvalue weighted by Gasteiger charge is -2.26. The minimum absolute atomic E-state index is 0.0806. The lowest BCUT2D eigenvalue weighted by Crippen LogP contribution is -2.31. The molecule has 0 unspecified atom stereocenters. The summed E-state index contributed by atoms with van der Waals surface area (Å²) in [5.41, 5.74) is 3.41. The number of piperidine rings is 1. The highest BCUT2D eigenvalue weighted by Gasteiger charge is 2.10. The number of carbonyl (C=O) groups excluding carboxylic acids is 1. The molecule has 1 saturated heterocycles. The van der Waals surface area contributed by atoms with E-state index in [4.69, 9.17) is 0 Å². The fourth-order valence-electron chi connectivity index (χ4n) is 3.40. The zero-order valence-electron chi connectivity index (χ0n) is 14.9. The maximum atomic E-state index is 12.2. The molecule has 0 bridgehead atoms. The number of aryl methyl sites for hydroxylation is 1. The van der Waals surface area contributed by atoms with Gasteiger partial charge in [-0.15, -0.1) is 0 Å². The summed E-state index contributed by atoms with van der Waals surface area (Å²) in [6.07, 6.45) is 6.38. The third-order valence-electron chi connectivity index (χ3n) is 4.86. The van der Waals surface area contributed by atoms with Crippen LogP contribution in [0.25, 0.3) is 0 Å². The number of hydrogen-bond acceptors (Lipinski definition) is 2. The standard InChI is InChI=1S/C22H28N2O/c25-22(13-12-19-8-3-1-4-9-19)23-21-11-7-10-20(18-21)14-17-24-15-5-2-6-16-24/h1,3-4,7-11,18H,2,5-6,12-17H2,(H,23,25). The molecule has 0 aromatic heterocycles. The van der Waals surface area contributed by atoms with Crippen LogP contribution in [0.3, 0.4) is 0 Å². The van der Waals surface area contributed by atoms with Crippen molar-refractivity contribution in [3.8, 4) is 0 Å². The number of nitrogens with one attached hydrogen (secondary N) is 1. The molecule has 1 fully saturated rings. The predicted octanol–water partition coefficient (Wildman–Crippen LogP) is 4.29. The first-order valence-corrected chi connectivity index (χ1v) is 9.45. The first-order valence-electron chi connectivity index (χ1n) is 9.45. The van der Waals surface area contributed by atoms with E-state index in [2.05, 4.69) is 34.5 Å². The fraction of sp³-hybridized carbons (Fsp3) is 0.409. The Morgan fingerprint density at radius 3 is 2.44 bits per heavy atom. The normalized spacial score (nSPS) is 15.0. The second kappa shape index (κ2) is 9.38. The number of anilines is 1. The highest BCUT2D eigenvalue weighted by Crippen LogP contribution is 2.14. The number of nitrogens with zero attached hydrogens (tertiary/aromatic N) is 1. The molecule has 0 aliphatic carbocycles. The molecule has 0 radical (unpaired) electrons. The molecule has 1 amide bonds. The Kier molecular flexibility index (Phi) is 6.63. The van der Waals surface area contributed by atoms with Crippen LogP contribution in [-0.2, 0) is 17.6 Å². The number of likely N-dealkylation sites (tertiary alicyclic amines) is 1. The van der Waals surface area contributed by atoms with Gasteiger partial charge in [0.05, 0.1) is 0 Å². The van der Waals surface area contributed by atoms with Gasteiger partial charge < -0.3 is 10.2 Å². The molecule has 1 aliphatic heterocycles. The van der Waals surface area contributed by atoms with Gasteiger partial charge in [0.2, 0.25) is 5.91 Å². The Hall–Kier alpha value is -2.13. The highest BCUT2D eigenvalue weighted by molar-refractivity contribution is 5.90. The van der Waals surface area contributed by atoms with Gasteiger partial charge >= 0.3 is 0 Å². The largest absolute Gasteiger partial charge is 0.326 e. The Balaban J connectivity index is 1.46. The van der Waals surface area contributed by atoms with Crippen molar-refractivity contribution in [2.75, 3.05) is 25.0 Å². The average Bonchev–Trinajstić information content (AvgIpc) is 2.67. The first kappa shape index (κ1) is 17.7. The summed E-state index contributed by atoms with van der Waals surface area (Å²) in [5, 5.41) is 3.04. The van der Waals surface area contributed by atoms with E-state index >= 15 is 0 Å². The van der Waals surface area contributed by atoms with Crippen molar-refractivity contribution in [2.45, 2.75) is 38.5 Å². The smallest absolute Gasteiger partial charge is 0.224 e. The number of benzene rings is 2. The van der Waals surface area contributed by atoms with Crippen LogP contribution in [0.1, 0.15) is 36.8 Å². The van der Waals surface area contributed by atoms with E-state index < -0.39 is 0 Å². The first-order chi connectivity index (χ1) is 12.3. The zero-order valence-corrected chi connectivity index (χ0v) is 14.9. The van der Waals surface area contributed by atoms with Gasteiger partial charge in [-0.25, -0.2) is 0 Å². The maximum Gasteiger partial charge on any atom is 0.224 e. The molecule has 25 heavy (non-hydrogen) atoms. The van der Waals surface area contributed by atoms with Crippen LogP contribution in [0, 0.1) is 0 Å². The molecular weight excluding hydrogens is 308 g/mol. The second-order valence-corrected chi connectivity index (χ2v) is 6.89. The Morgan fingerprint density at radius 1 is 0.880 bits per heavy atom. The van der Waals surface area contributed by atoms with Gasteiger partial charge in [0.15, 0.2) is 0 Å². The molecular formula is C22H28N2O. The number of rotatable bonds is 7. The minimum Gasteiger partial charge on any atom is -0.326 e. The fourth-order valence-corrected chi connectivity index (χ4v) is 3.40. The Labute approximate surface area is 151 Å². The maximum absolute atomic E-state index is 12.2. The van der Waals surface area contributed by atoms with Crippen molar-refractivity contribution in [1.82, 2.24) is 4.90 Å². The van der Waals surface area contributed by atoms with Gasteiger partial charge in [0, 0.05) is 18.7 Å². The molecule has 0 saturated carbocycles. The molecule has 0 atom stereocenters. The van der Waals surface area contributed by atoms with Gasteiger partial charge in [0.1, 0.15) is 0 Å². The Morgan fingerprint density at radius 2 is 1.64 bits per heavy atom. The van der Waals surface area contributed by atoms with Gasteiger partial charge in [-0.1, -0.05) is 48.9 Å². The lowest BCUT2D eigenvalue weighted by atomic mass is 10.1. The molecule has 2 aromatic carbocycles. The zero-order chi connectivity index (χ0) is 17.3. The van der Waals surface area contributed by atoms with Crippen LogP contribution in [0.15, 0.2) is 54.6 Å². The average molecular weight is 336 g/mol. The van der Waals surface area contributed by atoms with Crippen LogP contribution in [-0.4, -0.2) is 30.4 Å². The van der Waals surface area contributed by atoms with E-state index in [-0.39, 0.29) is 5.91 Å². The molecule has 1 heterocycles. The van der Waals surface area contributed by atoms with Crippen LogP contribution < -0.4 is 5.32 Å². The summed E-state index contributed by atoms with van der Waals surface area (Å²) in [5.74, 6) is 0.0806. The van der Waals surface area contributed by atoms with Crippen molar-refractivity contribution in [3.05, 3.63) is 65.7 Å². The Bertz CT molecular complexity index is 663. The third kappa shape index (κ3) is 6.02. The van der Waals surface area contributed by atoms with Crippen molar-refractivity contribution < 1.29 is 4.79 Å². The van der Waals surface area contributed by atoms with E-state index in [1.807, 2.05) is 30.3 Å². The summed E-state index contributed by atoms with van der Waals surface area (Å²) in [6.45, 7) is 3.58. The molecule has 3 heteroatoms. The van der Waals surface area contributed by atoms with E-state index in [1.165, 1.54) is 43.5 Å². The summed E-state index contributed by atoms with van der Waals surface area (Å²) in [4.78, 5) is 14.7. The molecule has 3 rings (SSSR count). The third-order valence-corrected chi connectivity index (χ3v) is 4.86. The predicted molar refractivity (Wildman–Crippen MR) is 104 cm³/mol. The monoisotopic (exact) mass is 336 g/mol. The molecule has 1 aliphatic rings. The van der Waals surface area contributed by atoms with Crippen molar-refractivity contribution in [2.24, 2.45) is 0 Å². The van der Waals surface area contributed by atoms with Crippen molar-refractivity contribution in [3.63, 3.8) is 0 Å². The van der Waals surface area contributed by atoms with Crippen molar-refractivity contribution in [1.29, 1.82) is 0 Å².